The molecule has 0 saturated carbocycles. The molecule has 5 N–H and O–H groups in total. The Hall–Kier alpha value is -4.32. The minimum Gasteiger partial charge on any atom is -0.480 e. The minimum absolute atomic E-state index is 0.0726. The number of nitrogens with two attached hydrogens (primary N) is 1. The summed E-state index contributed by atoms with van der Waals surface area (Å²) >= 11 is 0. The van der Waals surface area contributed by atoms with Gasteiger partial charge in [-0.1, -0.05) is 71.4 Å². The highest BCUT2D eigenvalue weighted by Gasteiger charge is 2.48. The Morgan fingerprint density at radius 1 is 0.773 bits per heavy atom. The van der Waals surface area contributed by atoms with E-state index in [4.69, 9.17) is 43.6 Å². The van der Waals surface area contributed by atoms with Gasteiger partial charge in [0.25, 0.3) is 0 Å². The number of nitrogens with zero attached hydrogens (tertiary/aromatic N) is 3. The van der Waals surface area contributed by atoms with Gasteiger partial charge in [0.2, 0.25) is 29.5 Å². The molecule has 2 aliphatic rings. The Balaban J connectivity index is 1.53. The molecule has 2 fully saturated rings. The van der Waals surface area contributed by atoms with Crippen LogP contribution >= 0.6 is 0 Å². The summed E-state index contributed by atoms with van der Waals surface area (Å²) in [6, 6.07) is 5.90. The number of ether oxygens (including phenoxy) is 8. The highest BCUT2D eigenvalue weighted by Crippen LogP contribution is 2.32. The summed E-state index contributed by atoms with van der Waals surface area (Å²) in [6.45, 7) is 17.3. The molecule has 2 heterocycles. The molecule has 0 aliphatic carbocycles. The standard InChI is InChI=1S/C54H92N6O15/c1-10-39(4)48(44(68-8)37-46(62)59-22-14-18-43(59)49(69-9)40(5)50(63)56-42(52(65)66)36-41-16-12-11-13-17-41)58(7)51(64)47(38(2)3)57-53(67)54(6)20-15-23-60(54)45(61)19-24-70-26-28-72-30-32-74-34-35-75-33-31-73-29-27-71-25-21-55/h11-13,16-17,38-40,42-44,47-49H,10,14-15,18-37,55H2,1-9H3,(H,56,63)(H,57,67)(H,65,66)/t39-,40+,42-,43-,44+,47-,48-,49+,54-/m0/s1. The first-order chi connectivity index (χ1) is 36.0. The minimum atomic E-state index is -1.19. The lowest BCUT2D eigenvalue weighted by molar-refractivity contribution is -0.150. The number of rotatable bonds is 39. The van der Waals surface area contributed by atoms with Crippen molar-refractivity contribution >= 4 is 35.5 Å². The second-order valence-corrected chi connectivity index (χ2v) is 20.0. The van der Waals surface area contributed by atoms with Crippen molar-refractivity contribution in [2.75, 3.05) is 120 Å². The number of nitrogens with one attached hydrogen (secondary N) is 2. The van der Waals surface area contributed by atoms with Gasteiger partial charge in [-0.15, -0.1) is 0 Å². The van der Waals surface area contributed by atoms with Crippen LogP contribution in [0.5, 0.6) is 0 Å². The van der Waals surface area contributed by atoms with E-state index in [1.807, 2.05) is 45.9 Å². The predicted molar refractivity (Wildman–Crippen MR) is 281 cm³/mol. The number of aliphatic carboxylic acids is 1. The van der Waals surface area contributed by atoms with Gasteiger partial charge in [0.1, 0.15) is 17.6 Å². The maximum absolute atomic E-state index is 14.7. The summed E-state index contributed by atoms with van der Waals surface area (Å²) in [5.41, 5.74) is 4.95. The highest BCUT2D eigenvalue weighted by atomic mass is 16.6. The van der Waals surface area contributed by atoms with Gasteiger partial charge >= 0.3 is 5.97 Å². The number of carboxylic acids is 1. The third-order valence-electron chi connectivity index (χ3n) is 14.4. The molecular formula is C54H92N6O15. The van der Waals surface area contributed by atoms with Gasteiger partial charge in [-0.25, -0.2) is 4.79 Å². The second-order valence-electron chi connectivity index (χ2n) is 20.0. The maximum Gasteiger partial charge on any atom is 0.326 e. The molecule has 0 aromatic heterocycles. The first-order valence-electron chi connectivity index (χ1n) is 26.9. The summed E-state index contributed by atoms with van der Waals surface area (Å²) in [5, 5.41) is 15.7. The van der Waals surface area contributed by atoms with Crippen LogP contribution in [0, 0.1) is 17.8 Å². The zero-order chi connectivity index (χ0) is 55.3. The van der Waals surface area contributed by atoms with E-state index < -0.39 is 65.6 Å². The Kier molecular flexibility index (Phi) is 30.5. The van der Waals surface area contributed by atoms with Crippen molar-refractivity contribution in [1.82, 2.24) is 25.3 Å². The van der Waals surface area contributed by atoms with E-state index in [1.165, 1.54) is 14.2 Å². The summed E-state index contributed by atoms with van der Waals surface area (Å²) in [6.07, 6.45) is 1.58. The maximum atomic E-state index is 14.7. The average molecular weight is 1070 g/mol. The number of likely N-dealkylation sites (N-methyl/N-ethyl adjacent to an activating group) is 1. The predicted octanol–water partition coefficient (Wildman–Crippen LogP) is 2.69. The molecule has 21 nitrogen and oxygen atoms in total. The smallest absolute Gasteiger partial charge is 0.326 e. The summed E-state index contributed by atoms with van der Waals surface area (Å²) in [4.78, 5) is 87.6. The van der Waals surface area contributed by atoms with E-state index in [0.29, 0.717) is 118 Å². The fourth-order valence-electron chi connectivity index (χ4n) is 9.87. The average Bonchev–Trinajstić information content (AvgIpc) is 4.05. The summed E-state index contributed by atoms with van der Waals surface area (Å²) < 4.78 is 44.9. The van der Waals surface area contributed by atoms with Gasteiger partial charge in [-0.05, 0) is 50.0 Å². The molecule has 0 bridgehead atoms. The molecule has 0 radical (unpaired) electrons. The topological polar surface area (TPSA) is 256 Å². The van der Waals surface area contributed by atoms with E-state index in [0.717, 1.165) is 5.56 Å². The van der Waals surface area contributed by atoms with Crippen molar-refractivity contribution in [3.05, 3.63) is 35.9 Å². The number of likely N-dealkylation sites (tertiary alicyclic amines) is 2. The normalized spacial score (nSPS) is 19.5. The molecule has 21 heteroatoms. The first-order valence-corrected chi connectivity index (χ1v) is 26.9. The van der Waals surface area contributed by atoms with E-state index in [-0.39, 0.29) is 62.0 Å². The lowest BCUT2D eigenvalue weighted by Gasteiger charge is -2.41. The molecule has 3 rings (SSSR count). The van der Waals surface area contributed by atoms with Crippen LogP contribution in [-0.4, -0.2) is 217 Å². The fraction of sp³-hybridized carbons (Fsp3) is 0.778. The molecule has 2 aliphatic heterocycles. The molecule has 5 amide bonds. The van der Waals surface area contributed by atoms with Gasteiger partial charge in [-0.2, -0.15) is 0 Å². The zero-order valence-corrected chi connectivity index (χ0v) is 46.4. The van der Waals surface area contributed by atoms with Gasteiger partial charge in [0.05, 0.1) is 122 Å². The molecule has 9 atom stereocenters. The van der Waals surface area contributed by atoms with Crippen LogP contribution in [0.2, 0.25) is 0 Å². The number of carbonyl (C=O) groups excluding carboxylic acids is 5. The Morgan fingerprint density at radius 3 is 1.84 bits per heavy atom. The molecule has 2 saturated heterocycles. The van der Waals surface area contributed by atoms with Crippen LogP contribution in [-0.2, 0) is 73.1 Å². The Bertz CT molecular complexity index is 1850. The molecule has 0 unspecified atom stereocenters. The fourth-order valence-corrected chi connectivity index (χ4v) is 9.87. The van der Waals surface area contributed by atoms with Crippen LogP contribution in [0.3, 0.4) is 0 Å². The number of amides is 5. The van der Waals surface area contributed by atoms with E-state index in [9.17, 15) is 33.9 Å². The summed E-state index contributed by atoms with van der Waals surface area (Å²) in [7, 11) is 4.67. The molecule has 428 valence electrons. The van der Waals surface area contributed by atoms with Crippen LogP contribution < -0.4 is 16.4 Å². The van der Waals surface area contributed by atoms with Crippen molar-refractivity contribution in [2.24, 2.45) is 23.5 Å². The highest BCUT2D eigenvalue weighted by molar-refractivity contribution is 5.95. The Labute approximate surface area is 445 Å². The van der Waals surface area contributed by atoms with Gasteiger partial charge in [0.15, 0.2) is 0 Å². The van der Waals surface area contributed by atoms with Gasteiger partial charge in [-0.3, -0.25) is 24.0 Å². The van der Waals surface area contributed by atoms with Crippen LogP contribution in [0.25, 0.3) is 0 Å². The van der Waals surface area contributed by atoms with Crippen molar-refractivity contribution in [1.29, 1.82) is 0 Å². The van der Waals surface area contributed by atoms with Crippen LogP contribution in [0.15, 0.2) is 30.3 Å². The summed E-state index contributed by atoms with van der Waals surface area (Å²) in [5.74, 6) is -4.13. The van der Waals surface area contributed by atoms with E-state index in [1.54, 1.807) is 47.7 Å². The van der Waals surface area contributed by atoms with Crippen molar-refractivity contribution in [3.8, 4) is 0 Å². The second kappa shape index (κ2) is 35.2. The molecule has 0 spiro atoms. The first kappa shape index (κ1) is 65.0. The lowest BCUT2D eigenvalue weighted by atomic mass is 9.89. The Morgan fingerprint density at radius 2 is 1.33 bits per heavy atom. The number of carboxylic acid groups (broad SMARTS) is 1. The van der Waals surface area contributed by atoms with Crippen molar-refractivity contribution in [3.63, 3.8) is 0 Å². The lowest BCUT2D eigenvalue weighted by Crippen LogP contribution is -2.62. The zero-order valence-electron chi connectivity index (χ0n) is 46.4. The van der Waals surface area contributed by atoms with Crippen molar-refractivity contribution < 1.29 is 71.8 Å². The number of benzene rings is 1. The number of hydrogen-bond acceptors (Lipinski definition) is 15. The third kappa shape index (κ3) is 20.9. The molecular weight excluding hydrogens is 973 g/mol. The van der Waals surface area contributed by atoms with Crippen LogP contribution in [0.1, 0.15) is 92.1 Å². The number of hydrogen-bond donors (Lipinski definition) is 4. The van der Waals surface area contributed by atoms with Crippen molar-refractivity contribution in [2.45, 2.75) is 135 Å². The number of methoxy groups -OCH3 is 2. The van der Waals surface area contributed by atoms with E-state index >= 15 is 0 Å². The monoisotopic (exact) mass is 1060 g/mol. The molecule has 75 heavy (non-hydrogen) atoms. The van der Waals surface area contributed by atoms with E-state index in [2.05, 4.69) is 10.6 Å². The SMILES string of the molecule is CC[C@H](C)[C@@H]([C@@H](CC(=O)N1CCC[C@H]1[C@H](OC)[C@@H](C)C(=O)N[C@@H](Cc1ccccc1)C(=O)O)OC)N(C)C(=O)[C@@H](NC(=O)[C@]1(C)CCCN1C(=O)CCOCCOCCOCCOCCOCCOCCN)C(C)C. The van der Waals surface area contributed by atoms with Crippen LogP contribution in [0.4, 0.5) is 0 Å². The molecule has 1 aromatic carbocycles. The quantitative estimate of drug-likeness (QED) is 0.0692. The third-order valence-corrected chi connectivity index (χ3v) is 14.4. The number of carbonyl (C=O) groups is 6. The van der Waals surface area contributed by atoms with Gasteiger partial charge < -0.3 is 74.1 Å². The largest absolute Gasteiger partial charge is 0.480 e. The van der Waals surface area contributed by atoms with Gasteiger partial charge in [0, 0.05) is 47.3 Å². The molecule has 1 aromatic rings.